The smallest absolute Gasteiger partial charge is 0.244 e. The van der Waals surface area contributed by atoms with Crippen molar-refractivity contribution in [3.05, 3.63) is 54.5 Å². The van der Waals surface area contributed by atoms with Crippen molar-refractivity contribution in [2.45, 2.75) is 20.3 Å². The van der Waals surface area contributed by atoms with Crippen molar-refractivity contribution in [2.24, 2.45) is 0 Å². The van der Waals surface area contributed by atoms with E-state index < -0.39 is 0 Å². The minimum Gasteiger partial charge on any atom is -0.465 e. The van der Waals surface area contributed by atoms with Gasteiger partial charge in [0.2, 0.25) is 11.8 Å². The molecule has 1 aromatic carbocycles. The number of nitrogens with one attached hydrogen (secondary N) is 2. The van der Waals surface area contributed by atoms with Crippen LogP contribution in [0.1, 0.15) is 26.0 Å². The Bertz CT molecular complexity index is 717. The first-order valence-corrected chi connectivity index (χ1v) is 8.76. The van der Waals surface area contributed by atoms with E-state index in [0.717, 1.165) is 24.5 Å². The summed E-state index contributed by atoms with van der Waals surface area (Å²) in [7, 11) is 0. The van der Waals surface area contributed by atoms with Gasteiger partial charge in [-0.1, -0.05) is 0 Å². The van der Waals surface area contributed by atoms with Crippen LogP contribution in [0.2, 0.25) is 0 Å². The molecule has 0 spiro atoms. The minimum absolute atomic E-state index is 0.143. The molecule has 6 heteroatoms. The highest BCUT2D eigenvalue weighted by Crippen LogP contribution is 2.17. The molecule has 0 saturated heterocycles. The lowest BCUT2D eigenvalue weighted by atomic mass is 10.2. The van der Waals surface area contributed by atoms with Crippen LogP contribution in [0.25, 0.3) is 6.08 Å². The van der Waals surface area contributed by atoms with E-state index in [0.29, 0.717) is 5.76 Å². The van der Waals surface area contributed by atoms with Gasteiger partial charge in [0.1, 0.15) is 5.76 Å². The molecule has 2 aromatic rings. The molecule has 1 heterocycles. The molecular formula is C20H25N3O3. The minimum atomic E-state index is -0.266. The highest BCUT2D eigenvalue weighted by Gasteiger charge is 2.05. The maximum absolute atomic E-state index is 12.0. The highest BCUT2D eigenvalue weighted by molar-refractivity contribution is 5.93. The summed E-state index contributed by atoms with van der Waals surface area (Å²) in [5.41, 5.74) is 1.87. The number of nitrogens with zero attached hydrogens (tertiary/aromatic N) is 1. The molecule has 0 saturated carbocycles. The van der Waals surface area contributed by atoms with Gasteiger partial charge in [-0.3, -0.25) is 9.59 Å². The van der Waals surface area contributed by atoms with Crippen LogP contribution < -0.4 is 15.5 Å². The molecule has 0 fully saturated rings. The quantitative estimate of drug-likeness (QED) is 0.677. The lowest BCUT2D eigenvalue weighted by Crippen LogP contribution is -2.26. The van der Waals surface area contributed by atoms with E-state index in [-0.39, 0.29) is 24.8 Å². The summed E-state index contributed by atoms with van der Waals surface area (Å²) >= 11 is 0. The average molecular weight is 355 g/mol. The Morgan fingerprint density at radius 1 is 1.12 bits per heavy atom. The number of carbonyl (C=O) groups excluding carboxylic acids is 2. The van der Waals surface area contributed by atoms with Crippen LogP contribution >= 0.6 is 0 Å². The normalized spacial score (nSPS) is 10.7. The first-order valence-electron chi connectivity index (χ1n) is 8.76. The Balaban J connectivity index is 1.72. The van der Waals surface area contributed by atoms with Crippen molar-refractivity contribution < 1.29 is 14.0 Å². The van der Waals surface area contributed by atoms with Gasteiger partial charge in [-0.15, -0.1) is 0 Å². The maximum atomic E-state index is 12.0. The SMILES string of the molecule is CCN(CC)c1ccc(NC(=O)CCNC(=O)/C=C/c2ccco2)cc1. The summed E-state index contributed by atoms with van der Waals surface area (Å²) < 4.78 is 5.10. The Morgan fingerprint density at radius 2 is 1.85 bits per heavy atom. The van der Waals surface area contributed by atoms with E-state index in [1.807, 2.05) is 24.3 Å². The predicted molar refractivity (Wildman–Crippen MR) is 104 cm³/mol. The third-order valence-electron chi connectivity index (χ3n) is 3.87. The van der Waals surface area contributed by atoms with Gasteiger partial charge < -0.3 is 20.0 Å². The number of rotatable bonds is 9. The van der Waals surface area contributed by atoms with Crippen molar-refractivity contribution in [3.8, 4) is 0 Å². The van der Waals surface area contributed by atoms with Gasteiger partial charge in [-0.2, -0.15) is 0 Å². The molecule has 0 atom stereocenters. The fourth-order valence-electron chi connectivity index (χ4n) is 2.47. The molecule has 138 valence electrons. The summed E-state index contributed by atoms with van der Waals surface area (Å²) in [6.07, 6.45) is 4.70. The second kappa shape index (κ2) is 10.1. The van der Waals surface area contributed by atoms with Crippen LogP contribution in [-0.2, 0) is 9.59 Å². The number of furan rings is 1. The van der Waals surface area contributed by atoms with Crippen molar-refractivity contribution in [1.29, 1.82) is 0 Å². The molecule has 0 radical (unpaired) electrons. The Labute approximate surface area is 153 Å². The van der Waals surface area contributed by atoms with Crippen molar-refractivity contribution in [1.82, 2.24) is 5.32 Å². The van der Waals surface area contributed by atoms with Gasteiger partial charge in [0.15, 0.2) is 0 Å². The second-order valence-corrected chi connectivity index (χ2v) is 5.66. The lowest BCUT2D eigenvalue weighted by Gasteiger charge is -2.21. The van der Waals surface area contributed by atoms with Crippen LogP contribution in [0.5, 0.6) is 0 Å². The van der Waals surface area contributed by atoms with Crippen LogP contribution in [-0.4, -0.2) is 31.4 Å². The molecule has 1 aromatic heterocycles. The molecule has 0 unspecified atom stereocenters. The van der Waals surface area contributed by atoms with Gasteiger partial charge in [0.25, 0.3) is 0 Å². The highest BCUT2D eigenvalue weighted by atomic mass is 16.3. The number of carbonyl (C=O) groups is 2. The van der Waals surface area contributed by atoms with E-state index in [2.05, 4.69) is 29.4 Å². The van der Waals surface area contributed by atoms with Crippen molar-refractivity contribution in [3.63, 3.8) is 0 Å². The molecule has 0 bridgehead atoms. The third kappa shape index (κ3) is 6.12. The monoisotopic (exact) mass is 355 g/mol. The first-order chi connectivity index (χ1) is 12.6. The number of amides is 2. The van der Waals surface area contributed by atoms with Crippen LogP contribution in [0.4, 0.5) is 11.4 Å². The number of hydrogen-bond acceptors (Lipinski definition) is 4. The zero-order valence-electron chi connectivity index (χ0n) is 15.2. The predicted octanol–water partition coefficient (Wildman–Crippen LogP) is 3.28. The van der Waals surface area contributed by atoms with Crippen LogP contribution in [0.3, 0.4) is 0 Å². The van der Waals surface area contributed by atoms with Gasteiger partial charge in [-0.25, -0.2) is 0 Å². The average Bonchev–Trinajstić information content (AvgIpc) is 3.16. The zero-order valence-corrected chi connectivity index (χ0v) is 15.2. The zero-order chi connectivity index (χ0) is 18.8. The Kier molecular flexibility index (Phi) is 7.49. The van der Waals surface area contributed by atoms with Gasteiger partial charge in [0, 0.05) is 43.5 Å². The topological polar surface area (TPSA) is 74.6 Å². The third-order valence-corrected chi connectivity index (χ3v) is 3.87. The van der Waals surface area contributed by atoms with E-state index in [1.54, 1.807) is 18.2 Å². The second-order valence-electron chi connectivity index (χ2n) is 5.66. The van der Waals surface area contributed by atoms with E-state index >= 15 is 0 Å². The van der Waals surface area contributed by atoms with Crippen molar-refractivity contribution >= 4 is 29.3 Å². The molecular weight excluding hydrogens is 330 g/mol. The molecule has 0 aliphatic carbocycles. The molecule has 0 aliphatic rings. The standard InChI is InChI=1S/C20H25N3O3/c1-3-23(4-2)17-9-7-16(8-10-17)22-20(25)13-14-21-19(24)12-11-18-6-5-15-26-18/h5-12,15H,3-4,13-14H2,1-2H3,(H,21,24)(H,22,25)/b12-11+. The largest absolute Gasteiger partial charge is 0.465 e. The maximum Gasteiger partial charge on any atom is 0.244 e. The lowest BCUT2D eigenvalue weighted by molar-refractivity contribution is -0.117. The molecule has 0 aliphatic heterocycles. The Hall–Kier alpha value is -3.02. The fourth-order valence-corrected chi connectivity index (χ4v) is 2.47. The summed E-state index contributed by atoms with van der Waals surface area (Å²) in [5, 5.41) is 5.50. The van der Waals surface area contributed by atoms with E-state index in [4.69, 9.17) is 4.42 Å². The molecule has 26 heavy (non-hydrogen) atoms. The van der Waals surface area contributed by atoms with Crippen LogP contribution in [0.15, 0.2) is 53.2 Å². The Morgan fingerprint density at radius 3 is 2.46 bits per heavy atom. The van der Waals surface area contributed by atoms with Gasteiger partial charge >= 0.3 is 0 Å². The van der Waals surface area contributed by atoms with Gasteiger partial charge in [0.05, 0.1) is 6.26 Å². The summed E-state index contributed by atoms with van der Waals surface area (Å²) in [4.78, 5) is 25.9. The summed E-state index contributed by atoms with van der Waals surface area (Å²) in [6, 6.07) is 11.2. The first kappa shape index (κ1) is 19.3. The van der Waals surface area contributed by atoms with E-state index in [1.165, 1.54) is 12.3 Å². The summed E-state index contributed by atoms with van der Waals surface area (Å²) in [5.74, 6) is 0.194. The molecule has 2 N–H and O–H groups in total. The van der Waals surface area contributed by atoms with E-state index in [9.17, 15) is 9.59 Å². The van der Waals surface area contributed by atoms with Crippen LogP contribution in [0, 0.1) is 0 Å². The summed E-state index contributed by atoms with van der Waals surface area (Å²) in [6.45, 7) is 6.37. The fraction of sp³-hybridized carbons (Fsp3) is 0.300. The molecule has 6 nitrogen and oxygen atoms in total. The van der Waals surface area contributed by atoms with Gasteiger partial charge in [-0.05, 0) is 56.3 Å². The number of anilines is 2. The van der Waals surface area contributed by atoms with Crippen molar-refractivity contribution in [2.75, 3.05) is 29.9 Å². The number of benzene rings is 1. The molecule has 2 rings (SSSR count). The number of hydrogen-bond donors (Lipinski definition) is 2. The molecule has 2 amide bonds.